The number of hydrogen-bond acceptors (Lipinski definition) is 9. The van der Waals surface area contributed by atoms with Crippen LogP contribution in [0.5, 0.6) is 0 Å². The Hall–Kier alpha value is 1.46. The van der Waals surface area contributed by atoms with Crippen molar-refractivity contribution in [1.82, 2.24) is 0 Å². The summed E-state index contributed by atoms with van der Waals surface area (Å²) in [6, 6.07) is 0. The van der Waals surface area contributed by atoms with Crippen LogP contribution in [0.15, 0.2) is 0 Å². The van der Waals surface area contributed by atoms with Gasteiger partial charge < -0.3 is 41.8 Å². The van der Waals surface area contributed by atoms with E-state index < -0.39 is 25.8 Å². The van der Waals surface area contributed by atoms with Crippen molar-refractivity contribution in [3.8, 4) is 0 Å². The summed E-state index contributed by atoms with van der Waals surface area (Å²) >= 11 is 0. The molecule has 0 fully saturated rings. The molecule has 150 valence electrons. The van der Waals surface area contributed by atoms with Gasteiger partial charge in [-0.15, -0.1) is 0 Å². The molecule has 13 heteroatoms. The van der Waals surface area contributed by atoms with Gasteiger partial charge in [0.1, 0.15) is 0 Å². The fourth-order valence-electron chi connectivity index (χ4n) is 0.744. The largest absolute Gasteiger partial charge is 3.00 e. The van der Waals surface area contributed by atoms with Crippen LogP contribution in [-0.2, 0) is 27.1 Å². The van der Waals surface area contributed by atoms with Crippen LogP contribution in [0.3, 0.4) is 0 Å². The van der Waals surface area contributed by atoms with E-state index in [0.717, 1.165) is 0 Å². The first-order chi connectivity index (χ1) is 11.4. The van der Waals surface area contributed by atoms with Gasteiger partial charge in [-0.25, -0.2) is 0 Å². The molecule has 0 amide bonds. The van der Waals surface area contributed by atoms with Crippen LogP contribution >= 0.6 is 25.8 Å². The van der Waals surface area contributed by atoms with E-state index in [0.29, 0.717) is 39.6 Å². The Morgan fingerprint density at radius 3 is 0.640 bits per heavy atom. The Morgan fingerprint density at radius 1 is 0.440 bits per heavy atom. The molecule has 0 aliphatic heterocycles. The second-order valence-electron chi connectivity index (χ2n) is 3.18. The number of hydrogen-bond donors (Lipinski definition) is 0. The maximum Gasteiger partial charge on any atom is 3.00 e. The molecule has 0 aliphatic rings. The Kier molecular flexibility index (Phi) is 41.1. The van der Waals surface area contributed by atoms with Crippen LogP contribution < -0.4 is 14.7 Å². The van der Waals surface area contributed by atoms with Crippen LogP contribution in [0.25, 0.3) is 0 Å². The van der Waals surface area contributed by atoms with Gasteiger partial charge in [-0.1, -0.05) is 0 Å². The maximum atomic E-state index is 10.3. The molecule has 0 radical (unpaired) electrons. The molecule has 0 aromatic carbocycles. The molecule has 0 rings (SSSR count). The summed E-state index contributed by atoms with van der Waals surface area (Å²) in [6.07, 6.45) is 0. The van der Waals surface area contributed by atoms with Gasteiger partial charge in [0.25, 0.3) is 0 Å². The minimum absolute atomic E-state index is 0. The average molecular weight is 438 g/mol. The zero-order valence-electron chi connectivity index (χ0n) is 15.8. The minimum atomic E-state index is -1.83. The van der Waals surface area contributed by atoms with E-state index in [-0.39, 0.29) is 17.4 Å². The summed E-state index contributed by atoms with van der Waals surface area (Å²) in [5.41, 5.74) is 0. The van der Waals surface area contributed by atoms with Gasteiger partial charge in [-0.3, -0.25) is 0 Å². The quantitative estimate of drug-likeness (QED) is 0.330. The molecule has 0 aromatic rings. The monoisotopic (exact) mass is 438 g/mol. The Morgan fingerprint density at radius 2 is 0.560 bits per heavy atom. The smallest absolute Gasteiger partial charge is 0.786 e. The summed E-state index contributed by atoms with van der Waals surface area (Å²) in [4.78, 5) is 31.0. The van der Waals surface area contributed by atoms with Crippen molar-refractivity contribution in [2.75, 3.05) is 39.6 Å². The second kappa shape index (κ2) is 30.2. The third kappa shape index (κ3) is 37.0. The fourth-order valence-corrected chi connectivity index (χ4v) is 2.23. The SMILES string of the molecule is CCOP([O-])OCC.CCOP([O-])OCC.CCOP([O-])OCC.[Al+3]. The second-order valence-corrected chi connectivity index (χ2v) is 6.07. The van der Waals surface area contributed by atoms with E-state index in [4.69, 9.17) is 0 Å². The van der Waals surface area contributed by atoms with E-state index >= 15 is 0 Å². The van der Waals surface area contributed by atoms with E-state index in [1.54, 1.807) is 41.5 Å². The molecular formula is C12H30AlO9P3. The van der Waals surface area contributed by atoms with Gasteiger partial charge >= 0.3 is 17.4 Å². The Balaban J connectivity index is -0.000000130. The third-order valence-corrected chi connectivity index (χ3v) is 4.22. The van der Waals surface area contributed by atoms with E-state index in [2.05, 4.69) is 27.1 Å². The average Bonchev–Trinajstić information content (AvgIpc) is 2.50. The van der Waals surface area contributed by atoms with Gasteiger partial charge in [-0.05, 0) is 41.5 Å². The zero-order valence-corrected chi connectivity index (χ0v) is 19.7. The molecule has 0 spiro atoms. The first-order valence-corrected chi connectivity index (χ1v) is 10.9. The third-order valence-electron chi connectivity index (χ3n) is 1.41. The van der Waals surface area contributed by atoms with Gasteiger partial charge in [-0.2, -0.15) is 0 Å². The molecule has 0 N–H and O–H groups in total. The van der Waals surface area contributed by atoms with Crippen LogP contribution in [0.2, 0.25) is 0 Å². The summed E-state index contributed by atoms with van der Waals surface area (Å²) < 4.78 is 27.4. The van der Waals surface area contributed by atoms with Crippen molar-refractivity contribution in [3.63, 3.8) is 0 Å². The van der Waals surface area contributed by atoms with Crippen molar-refractivity contribution < 1.29 is 41.8 Å². The molecule has 25 heavy (non-hydrogen) atoms. The van der Waals surface area contributed by atoms with Crippen LogP contribution in [0, 0.1) is 0 Å². The first kappa shape index (κ1) is 34.0. The molecule has 0 aromatic heterocycles. The molecule has 9 nitrogen and oxygen atoms in total. The van der Waals surface area contributed by atoms with Gasteiger partial charge in [0.15, 0.2) is 0 Å². The topological polar surface area (TPSA) is 125 Å². The molecule has 0 atom stereocenters. The van der Waals surface area contributed by atoms with Crippen molar-refractivity contribution in [2.45, 2.75) is 41.5 Å². The molecule has 0 bridgehead atoms. The summed E-state index contributed by atoms with van der Waals surface area (Å²) in [6.45, 7) is 13.3. The van der Waals surface area contributed by atoms with Gasteiger partial charge in [0, 0.05) is 39.6 Å². The van der Waals surface area contributed by atoms with Crippen molar-refractivity contribution >= 4 is 43.2 Å². The van der Waals surface area contributed by atoms with Crippen LogP contribution in [0.1, 0.15) is 41.5 Å². The number of rotatable bonds is 12. The summed E-state index contributed by atoms with van der Waals surface area (Å²) in [5.74, 6) is 0. The molecule has 0 aliphatic carbocycles. The van der Waals surface area contributed by atoms with E-state index in [1.165, 1.54) is 0 Å². The van der Waals surface area contributed by atoms with Gasteiger partial charge in [0.2, 0.25) is 0 Å². The standard InChI is InChI=1S/3C4H10O3P.Al/c3*1-3-6-8(5)7-4-2;/h3*3-4H2,1-2H3;/q3*-1;+3. The predicted molar refractivity (Wildman–Crippen MR) is 96.3 cm³/mol. The first-order valence-electron chi connectivity index (χ1n) is 7.62. The minimum Gasteiger partial charge on any atom is -0.786 e. The predicted octanol–water partition coefficient (Wildman–Crippen LogP) is 1.56. The maximum absolute atomic E-state index is 10.3. The van der Waals surface area contributed by atoms with Gasteiger partial charge in [0.05, 0.1) is 25.8 Å². The van der Waals surface area contributed by atoms with Crippen molar-refractivity contribution in [2.24, 2.45) is 0 Å². The molecule has 0 saturated carbocycles. The summed E-state index contributed by atoms with van der Waals surface area (Å²) in [5, 5.41) is 0. The normalized spacial score (nSPS) is 10.1. The zero-order chi connectivity index (χ0) is 19.2. The van der Waals surface area contributed by atoms with Crippen molar-refractivity contribution in [3.05, 3.63) is 0 Å². The summed E-state index contributed by atoms with van der Waals surface area (Å²) in [7, 11) is -5.49. The Labute approximate surface area is 166 Å². The van der Waals surface area contributed by atoms with E-state index in [1.807, 2.05) is 0 Å². The molecule has 0 heterocycles. The van der Waals surface area contributed by atoms with E-state index in [9.17, 15) is 14.7 Å². The molecule has 0 unspecified atom stereocenters. The van der Waals surface area contributed by atoms with Crippen molar-refractivity contribution in [1.29, 1.82) is 0 Å². The fraction of sp³-hybridized carbons (Fsp3) is 1.00. The molecule has 0 saturated heterocycles. The van der Waals surface area contributed by atoms with Crippen LogP contribution in [-0.4, -0.2) is 57.0 Å². The molecular weight excluding hydrogens is 408 g/mol. The van der Waals surface area contributed by atoms with Crippen LogP contribution in [0.4, 0.5) is 0 Å². The Bertz CT molecular complexity index is 173.